The van der Waals surface area contributed by atoms with E-state index in [2.05, 4.69) is 10.3 Å². The van der Waals surface area contributed by atoms with Crippen LogP contribution in [0.4, 0.5) is 10.1 Å². The zero-order chi connectivity index (χ0) is 18.0. The normalized spacial score (nSPS) is 12.1. The molecule has 0 bridgehead atoms. The summed E-state index contributed by atoms with van der Waals surface area (Å²) in [5.41, 5.74) is -0.372. The van der Waals surface area contributed by atoms with Gasteiger partial charge in [-0.2, -0.15) is 0 Å². The van der Waals surface area contributed by atoms with Crippen molar-refractivity contribution >= 4 is 22.5 Å². The number of aromatic nitrogens is 2. The summed E-state index contributed by atoms with van der Waals surface area (Å²) in [6, 6.07) is 10.9. The number of fused-ring (bicyclic) bond motifs is 1. The maximum atomic E-state index is 13.0. The van der Waals surface area contributed by atoms with Crippen molar-refractivity contribution in [1.82, 2.24) is 9.55 Å². The lowest BCUT2D eigenvalue weighted by molar-refractivity contribution is -0.119. The Hall–Kier alpha value is -3.22. The average molecular weight is 341 g/mol. The standard InChI is InChI=1S/C18H16FN3O3/c1-2-15(16(23)20-12-9-7-11(19)8-10-12)22-17(24)13-5-3-4-6-14(13)21-18(22)25/h3-10,15H,2H2,1H3,(H,20,23)(H,21,25)/t15-/m1/s1. The van der Waals surface area contributed by atoms with Crippen LogP contribution in [0.25, 0.3) is 10.9 Å². The zero-order valence-corrected chi connectivity index (χ0v) is 13.5. The van der Waals surface area contributed by atoms with Crippen LogP contribution in [-0.2, 0) is 4.79 Å². The minimum atomic E-state index is -0.981. The number of hydrogen-bond acceptors (Lipinski definition) is 3. The molecule has 0 unspecified atom stereocenters. The fourth-order valence-electron chi connectivity index (χ4n) is 2.70. The summed E-state index contributed by atoms with van der Waals surface area (Å²) in [6.45, 7) is 1.70. The minimum Gasteiger partial charge on any atom is -0.324 e. The molecule has 7 heteroatoms. The molecule has 128 valence electrons. The van der Waals surface area contributed by atoms with E-state index in [0.717, 1.165) is 4.57 Å². The fourth-order valence-corrected chi connectivity index (χ4v) is 2.70. The number of carbonyl (C=O) groups excluding carboxylic acids is 1. The van der Waals surface area contributed by atoms with Crippen LogP contribution >= 0.6 is 0 Å². The second-order valence-corrected chi connectivity index (χ2v) is 5.57. The molecule has 1 aromatic heterocycles. The predicted molar refractivity (Wildman–Crippen MR) is 93.2 cm³/mol. The minimum absolute atomic E-state index is 0.244. The van der Waals surface area contributed by atoms with Crippen molar-refractivity contribution in [2.24, 2.45) is 0 Å². The van der Waals surface area contributed by atoms with Crippen LogP contribution in [0.2, 0.25) is 0 Å². The Morgan fingerprint density at radius 1 is 1.16 bits per heavy atom. The Kier molecular flexibility index (Phi) is 4.47. The highest BCUT2D eigenvalue weighted by molar-refractivity contribution is 5.93. The third-order valence-corrected chi connectivity index (χ3v) is 3.95. The van der Waals surface area contributed by atoms with Crippen molar-refractivity contribution in [3.63, 3.8) is 0 Å². The van der Waals surface area contributed by atoms with Crippen molar-refractivity contribution in [2.45, 2.75) is 19.4 Å². The van der Waals surface area contributed by atoms with Crippen molar-refractivity contribution in [2.75, 3.05) is 5.32 Å². The van der Waals surface area contributed by atoms with Gasteiger partial charge >= 0.3 is 5.69 Å². The monoisotopic (exact) mass is 341 g/mol. The Labute approximate surface area is 141 Å². The molecule has 0 saturated heterocycles. The molecule has 6 nitrogen and oxygen atoms in total. The third-order valence-electron chi connectivity index (χ3n) is 3.95. The van der Waals surface area contributed by atoms with E-state index in [9.17, 15) is 18.8 Å². The number of anilines is 1. The van der Waals surface area contributed by atoms with Crippen molar-refractivity contribution in [3.05, 3.63) is 75.2 Å². The van der Waals surface area contributed by atoms with Crippen LogP contribution in [0.5, 0.6) is 0 Å². The Balaban J connectivity index is 2.02. The van der Waals surface area contributed by atoms with Gasteiger partial charge in [-0.3, -0.25) is 9.59 Å². The highest BCUT2D eigenvalue weighted by Gasteiger charge is 2.23. The smallest absolute Gasteiger partial charge is 0.324 e. The van der Waals surface area contributed by atoms with Gasteiger partial charge in [0.15, 0.2) is 0 Å². The number of para-hydroxylation sites is 1. The molecule has 0 aliphatic rings. The van der Waals surface area contributed by atoms with Crippen LogP contribution in [0.15, 0.2) is 58.1 Å². The maximum Gasteiger partial charge on any atom is 0.329 e. The molecule has 3 rings (SSSR count). The molecule has 1 amide bonds. The van der Waals surface area contributed by atoms with Gasteiger partial charge in [-0.05, 0) is 42.8 Å². The number of hydrogen-bond donors (Lipinski definition) is 2. The summed E-state index contributed by atoms with van der Waals surface area (Å²) in [7, 11) is 0. The molecular weight excluding hydrogens is 325 g/mol. The molecular formula is C18H16FN3O3. The van der Waals surface area contributed by atoms with E-state index in [0.29, 0.717) is 16.6 Å². The molecule has 25 heavy (non-hydrogen) atoms. The zero-order valence-electron chi connectivity index (χ0n) is 13.5. The van der Waals surface area contributed by atoms with Crippen molar-refractivity contribution < 1.29 is 9.18 Å². The second kappa shape index (κ2) is 6.72. The molecule has 0 saturated carbocycles. The summed E-state index contributed by atoms with van der Waals surface area (Å²) in [6.07, 6.45) is 0.244. The summed E-state index contributed by atoms with van der Waals surface area (Å²) >= 11 is 0. The molecule has 0 aliphatic heterocycles. The Morgan fingerprint density at radius 2 is 1.84 bits per heavy atom. The largest absolute Gasteiger partial charge is 0.329 e. The molecule has 2 aromatic carbocycles. The number of rotatable bonds is 4. The van der Waals surface area contributed by atoms with Gasteiger partial charge in [-0.1, -0.05) is 19.1 Å². The lowest BCUT2D eigenvalue weighted by atomic mass is 10.1. The van der Waals surface area contributed by atoms with Crippen LogP contribution in [0.3, 0.4) is 0 Å². The van der Waals surface area contributed by atoms with Crippen LogP contribution < -0.4 is 16.6 Å². The van der Waals surface area contributed by atoms with E-state index in [1.54, 1.807) is 31.2 Å². The number of aromatic amines is 1. The topological polar surface area (TPSA) is 84.0 Å². The number of nitrogens with one attached hydrogen (secondary N) is 2. The number of nitrogens with zero attached hydrogens (tertiary/aromatic N) is 1. The van der Waals surface area contributed by atoms with Crippen LogP contribution in [0.1, 0.15) is 19.4 Å². The fraction of sp³-hybridized carbons (Fsp3) is 0.167. The lowest BCUT2D eigenvalue weighted by Gasteiger charge is -2.17. The highest BCUT2D eigenvalue weighted by atomic mass is 19.1. The first-order valence-corrected chi connectivity index (χ1v) is 7.81. The predicted octanol–water partition coefficient (Wildman–Crippen LogP) is 2.42. The summed E-state index contributed by atoms with van der Waals surface area (Å²) in [5, 5.41) is 2.93. The maximum absolute atomic E-state index is 13.0. The van der Waals surface area contributed by atoms with Gasteiger partial charge in [0, 0.05) is 5.69 Å². The first-order chi connectivity index (χ1) is 12.0. The van der Waals surface area contributed by atoms with Gasteiger partial charge < -0.3 is 10.3 Å². The van der Waals surface area contributed by atoms with Gasteiger partial charge in [0.2, 0.25) is 5.91 Å². The van der Waals surface area contributed by atoms with Gasteiger partial charge in [-0.25, -0.2) is 13.8 Å². The number of amides is 1. The Morgan fingerprint density at radius 3 is 2.52 bits per heavy atom. The number of H-pyrrole nitrogens is 1. The van der Waals surface area contributed by atoms with E-state index in [-0.39, 0.29) is 6.42 Å². The molecule has 0 aliphatic carbocycles. The first kappa shape index (κ1) is 16.6. The van der Waals surface area contributed by atoms with Gasteiger partial charge in [0.1, 0.15) is 11.9 Å². The van der Waals surface area contributed by atoms with Crippen molar-refractivity contribution in [1.29, 1.82) is 0 Å². The Bertz CT molecular complexity index is 1040. The molecule has 0 radical (unpaired) electrons. The second-order valence-electron chi connectivity index (χ2n) is 5.57. The van der Waals surface area contributed by atoms with E-state index in [4.69, 9.17) is 0 Å². The lowest BCUT2D eigenvalue weighted by Crippen LogP contribution is -2.42. The van der Waals surface area contributed by atoms with Gasteiger partial charge in [0.05, 0.1) is 10.9 Å². The molecule has 3 aromatic rings. The molecule has 1 heterocycles. The molecule has 1 atom stereocenters. The third kappa shape index (κ3) is 3.21. The van der Waals surface area contributed by atoms with E-state index in [1.165, 1.54) is 24.3 Å². The SMILES string of the molecule is CC[C@H](C(=O)Nc1ccc(F)cc1)n1c(=O)[nH]c2ccccc2c1=O. The molecule has 0 fully saturated rings. The summed E-state index contributed by atoms with van der Waals surface area (Å²) in [5.74, 6) is -0.941. The van der Waals surface area contributed by atoms with E-state index >= 15 is 0 Å². The van der Waals surface area contributed by atoms with E-state index in [1.807, 2.05) is 0 Å². The highest BCUT2D eigenvalue weighted by Crippen LogP contribution is 2.14. The number of benzene rings is 2. The molecule has 2 N–H and O–H groups in total. The summed E-state index contributed by atoms with van der Waals surface area (Å²) in [4.78, 5) is 40.2. The van der Waals surface area contributed by atoms with Gasteiger partial charge in [-0.15, -0.1) is 0 Å². The quantitative estimate of drug-likeness (QED) is 0.764. The van der Waals surface area contributed by atoms with Crippen molar-refractivity contribution in [3.8, 4) is 0 Å². The van der Waals surface area contributed by atoms with Gasteiger partial charge in [0.25, 0.3) is 5.56 Å². The number of carbonyl (C=O) groups is 1. The van der Waals surface area contributed by atoms with Crippen LogP contribution in [-0.4, -0.2) is 15.5 Å². The first-order valence-electron chi connectivity index (χ1n) is 7.81. The summed E-state index contributed by atoms with van der Waals surface area (Å²) < 4.78 is 13.9. The van der Waals surface area contributed by atoms with E-state index < -0.39 is 29.0 Å². The molecule has 0 spiro atoms. The average Bonchev–Trinajstić information content (AvgIpc) is 2.60. The van der Waals surface area contributed by atoms with Crippen LogP contribution in [0, 0.1) is 5.82 Å². The number of halogens is 1.